The number of benzene rings is 2. The minimum atomic E-state index is -0.519. The van der Waals surface area contributed by atoms with Crippen molar-refractivity contribution in [2.45, 2.75) is 6.42 Å². The normalized spacial score (nSPS) is 10.2. The number of hydrogen-bond acceptors (Lipinski definition) is 3. The summed E-state index contributed by atoms with van der Waals surface area (Å²) in [7, 11) is 0. The number of phenols is 2. The van der Waals surface area contributed by atoms with Crippen LogP contribution >= 0.6 is 0 Å². The van der Waals surface area contributed by atoms with E-state index >= 15 is 0 Å². The zero-order chi connectivity index (χ0) is 14.5. The van der Waals surface area contributed by atoms with E-state index in [0.29, 0.717) is 12.0 Å². The van der Waals surface area contributed by atoms with E-state index < -0.39 is 11.7 Å². The molecule has 0 aromatic heterocycles. The molecule has 2 rings (SSSR count). The zero-order valence-electron chi connectivity index (χ0n) is 10.6. The van der Waals surface area contributed by atoms with Crippen LogP contribution in [0.3, 0.4) is 0 Å². The molecule has 0 bridgehead atoms. The number of rotatable bonds is 4. The number of carbonyl (C=O) groups excluding carboxylic acids is 1. The average molecular weight is 275 g/mol. The largest absolute Gasteiger partial charge is 0.504 e. The predicted molar refractivity (Wildman–Crippen MR) is 72.2 cm³/mol. The molecule has 0 radical (unpaired) electrons. The molecule has 4 nitrogen and oxygen atoms in total. The summed E-state index contributed by atoms with van der Waals surface area (Å²) in [6.45, 7) is 0.231. The molecule has 5 heteroatoms. The molecule has 0 fully saturated rings. The molecular weight excluding hydrogens is 261 g/mol. The number of nitrogens with one attached hydrogen (secondary N) is 1. The fourth-order valence-electron chi connectivity index (χ4n) is 1.82. The summed E-state index contributed by atoms with van der Waals surface area (Å²) in [5, 5.41) is 21.4. The maximum Gasteiger partial charge on any atom is 0.255 e. The Balaban J connectivity index is 1.96. The third-order valence-corrected chi connectivity index (χ3v) is 2.90. The van der Waals surface area contributed by atoms with Crippen molar-refractivity contribution in [2.75, 3.05) is 6.54 Å². The van der Waals surface area contributed by atoms with E-state index in [1.165, 1.54) is 24.3 Å². The van der Waals surface area contributed by atoms with Gasteiger partial charge in [0.1, 0.15) is 5.82 Å². The second-order valence-corrected chi connectivity index (χ2v) is 4.27. The molecule has 2 aromatic rings. The van der Waals surface area contributed by atoms with Crippen molar-refractivity contribution in [1.29, 1.82) is 0 Å². The number of carbonyl (C=O) groups is 1. The lowest BCUT2D eigenvalue weighted by atomic mass is 10.1. The average Bonchev–Trinajstić information content (AvgIpc) is 2.44. The summed E-state index contributed by atoms with van der Waals surface area (Å²) in [5.74, 6) is -1.65. The Bertz CT molecular complexity index is 628. The van der Waals surface area contributed by atoms with Gasteiger partial charge in [-0.1, -0.05) is 24.3 Å². The first-order valence-corrected chi connectivity index (χ1v) is 6.12. The lowest BCUT2D eigenvalue weighted by Gasteiger charge is -2.08. The van der Waals surface area contributed by atoms with E-state index in [9.17, 15) is 19.4 Å². The fourth-order valence-corrected chi connectivity index (χ4v) is 1.82. The first-order chi connectivity index (χ1) is 9.59. The highest BCUT2D eigenvalue weighted by molar-refractivity contribution is 5.97. The maximum absolute atomic E-state index is 13.4. The summed E-state index contributed by atoms with van der Waals surface area (Å²) in [6, 6.07) is 10.5. The van der Waals surface area contributed by atoms with Gasteiger partial charge in [-0.3, -0.25) is 4.79 Å². The van der Waals surface area contributed by atoms with E-state index in [0.717, 1.165) is 0 Å². The Hall–Kier alpha value is -2.56. The first-order valence-electron chi connectivity index (χ1n) is 6.12. The quantitative estimate of drug-likeness (QED) is 0.749. The van der Waals surface area contributed by atoms with Gasteiger partial charge in [0, 0.05) is 6.54 Å². The van der Waals surface area contributed by atoms with Gasteiger partial charge >= 0.3 is 0 Å². The molecule has 0 unspecified atom stereocenters. The van der Waals surface area contributed by atoms with E-state index in [2.05, 4.69) is 5.32 Å². The van der Waals surface area contributed by atoms with Crippen LogP contribution in [0, 0.1) is 5.82 Å². The summed E-state index contributed by atoms with van der Waals surface area (Å²) in [4.78, 5) is 11.8. The van der Waals surface area contributed by atoms with Crippen molar-refractivity contribution in [2.24, 2.45) is 0 Å². The molecule has 104 valence electrons. The molecular formula is C15H14FNO3. The molecule has 0 atom stereocenters. The lowest BCUT2D eigenvalue weighted by molar-refractivity contribution is 0.0950. The van der Waals surface area contributed by atoms with Gasteiger partial charge < -0.3 is 15.5 Å². The molecule has 1 amide bonds. The molecule has 0 aliphatic rings. The van der Waals surface area contributed by atoms with Crippen molar-refractivity contribution in [1.82, 2.24) is 5.32 Å². The Morgan fingerprint density at radius 1 is 1.10 bits per heavy atom. The number of halogens is 1. The van der Waals surface area contributed by atoms with Gasteiger partial charge in [-0.2, -0.15) is 0 Å². The SMILES string of the molecule is O=C(NCCc1ccccc1F)c1cccc(O)c1O. The summed E-state index contributed by atoms with van der Waals surface area (Å²) < 4.78 is 13.4. The zero-order valence-corrected chi connectivity index (χ0v) is 10.6. The summed E-state index contributed by atoms with van der Waals surface area (Å²) in [5.41, 5.74) is 0.492. The van der Waals surface area contributed by atoms with Gasteiger partial charge in [0.05, 0.1) is 5.56 Å². The smallest absolute Gasteiger partial charge is 0.255 e. The molecule has 20 heavy (non-hydrogen) atoms. The van der Waals surface area contributed by atoms with Crippen molar-refractivity contribution in [3.05, 3.63) is 59.4 Å². The predicted octanol–water partition coefficient (Wildman–Crippen LogP) is 2.21. The minimum absolute atomic E-state index is 0.0152. The molecule has 0 heterocycles. The van der Waals surface area contributed by atoms with Crippen LogP contribution in [0.2, 0.25) is 0 Å². The molecule has 3 N–H and O–H groups in total. The highest BCUT2D eigenvalue weighted by Gasteiger charge is 2.13. The number of amides is 1. The number of phenolic OH excluding ortho intramolecular Hbond substituents is 2. The number of hydrogen-bond donors (Lipinski definition) is 3. The fraction of sp³-hybridized carbons (Fsp3) is 0.133. The van der Waals surface area contributed by atoms with E-state index in [4.69, 9.17) is 0 Å². The van der Waals surface area contributed by atoms with Crippen LogP contribution in [0.5, 0.6) is 11.5 Å². The van der Waals surface area contributed by atoms with Crippen LogP contribution in [-0.2, 0) is 6.42 Å². The van der Waals surface area contributed by atoms with Gasteiger partial charge in [0.25, 0.3) is 5.91 Å². The van der Waals surface area contributed by atoms with Crippen LogP contribution < -0.4 is 5.32 Å². The number of para-hydroxylation sites is 1. The second kappa shape index (κ2) is 6.06. The van der Waals surface area contributed by atoms with Gasteiger partial charge in [-0.25, -0.2) is 4.39 Å². The molecule has 0 aliphatic heterocycles. The Kier molecular flexibility index (Phi) is 4.20. The minimum Gasteiger partial charge on any atom is -0.504 e. The van der Waals surface area contributed by atoms with Crippen LogP contribution in [-0.4, -0.2) is 22.7 Å². The third-order valence-electron chi connectivity index (χ3n) is 2.90. The van der Waals surface area contributed by atoms with E-state index in [-0.39, 0.29) is 23.7 Å². The molecule has 0 saturated heterocycles. The van der Waals surface area contributed by atoms with Crippen molar-refractivity contribution in [3.63, 3.8) is 0 Å². The monoisotopic (exact) mass is 275 g/mol. The summed E-state index contributed by atoms with van der Waals surface area (Å²) in [6.07, 6.45) is 0.345. The van der Waals surface area contributed by atoms with E-state index in [1.807, 2.05) is 0 Å². The molecule has 0 saturated carbocycles. The number of aromatic hydroxyl groups is 2. The van der Waals surface area contributed by atoms with E-state index in [1.54, 1.807) is 18.2 Å². The Labute approximate surface area is 115 Å². The van der Waals surface area contributed by atoms with Gasteiger partial charge in [-0.15, -0.1) is 0 Å². The van der Waals surface area contributed by atoms with Gasteiger partial charge in [0.15, 0.2) is 11.5 Å². The van der Waals surface area contributed by atoms with Crippen LogP contribution in [0.4, 0.5) is 4.39 Å². The summed E-state index contributed by atoms with van der Waals surface area (Å²) >= 11 is 0. The topological polar surface area (TPSA) is 69.6 Å². The van der Waals surface area contributed by atoms with Crippen molar-refractivity contribution < 1.29 is 19.4 Å². The first kappa shape index (κ1) is 13.9. The Morgan fingerprint density at radius 3 is 2.60 bits per heavy atom. The lowest BCUT2D eigenvalue weighted by Crippen LogP contribution is -2.25. The second-order valence-electron chi connectivity index (χ2n) is 4.27. The molecule has 2 aromatic carbocycles. The van der Waals surface area contributed by atoms with Crippen LogP contribution in [0.15, 0.2) is 42.5 Å². The van der Waals surface area contributed by atoms with Crippen LogP contribution in [0.25, 0.3) is 0 Å². The van der Waals surface area contributed by atoms with Gasteiger partial charge in [-0.05, 0) is 30.2 Å². The molecule has 0 spiro atoms. The highest BCUT2D eigenvalue weighted by atomic mass is 19.1. The Morgan fingerprint density at radius 2 is 1.85 bits per heavy atom. The molecule has 0 aliphatic carbocycles. The van der Waals surface area contributed by atoms with Crippen LogP contribution in [0.1, 0.15) is 15.9 Å². The highest BCUT2D eigenvalue weighted by Crippen LogP contribution is 2.27. The van der Waals surface area contributed by atoms with Crippen molar-refractivity contribution in [3.8, 4) is 11.5 Å². The van der Waals surface area contributed by atoms with Crippen molar-refractivity contribution >= 4 is 5.91 Å². The third kappa shape index (κ3) is 3.06. The maximum atomic E-state index is 13.4. The standard InChI is InChI=1S/C15H14FNO3/c16-12-6-2-1-4-10(12)8-9-17-15(20)11-5-3-7-13(18)14(11)19/h1-7,18-19H,8-9H2,(H,17,20). The van der Waals surface area contributed by atoms with Gasteiger partial charge in [0.2, 0.25) is 0 Å².